The van der Waals surface area contributed by atoms with Crippen LogP contribution in [0.25, 0.3) is 0 Å². The van der Waals surface area contributed by atoms with Gasteiger partial charge in [0.1, 0.15) is 0 Å². The minimum Gasteiger partial charge on any atom is -0.312 e. The van der Waals surface area contributed by atoms with Gasteiger partial charge in [-0.25, -0.2) is 0 Å². The summed E-state index contributed by atoms with van der Waals surface area (Å²) >= 11 is 5.02. The molecular formula is C7H5ClN2O3. The smallest absolute Gasteiger partial charge is 0.312 e. The summed E-state index contributed by atoms with van der Waals surface area (Å²) in [5, 5.41) is 11.7. The van der Waals surface area contributed by atoms with Crippen molar-refractivity contribution in [2.24, 2.45) is 0 Å². The summed E-state index contributed by atoms with van der Waals surface area (Å²) in [6.07, 6.45) is 0. The Morgan fingerprint density at radius 1 is 1.54 bits per heavy atom. The van der Waals surface area contributed by atoms with Crippen molar-refractivity contribution in [3.05, 3.63) is 34.4 Å². The van der Waals surface area contributed by atoms with E-state index in [-0.39, 0.29) is 5.69 Å². The number of nitro groups is 1. The molecule has 1 amide bonds. The molecule has 0 aliphatic heterocycles. The van der Waals surface area contributed by atoms with Gasteiger partial charge < -0.3 is 5.32 Å². The lowest BCUT2D eigenvalue weighted by molar-refractivity contribution is -0.384. The maximum absolute atomic E-state index is 10.4. The van der Waals surface area contributed by atoms with E-state index >= 15 is 0 Å². The molecule has 1 N–H and O–H groups in total. The quantitative estimate of drug-likeness (QED) is 0.345. The van der Waals surface area contributed by atoms with Gasteiger partial charge in [0, 0.05) is 17.8 Å². The van der Waals surface area contributed by atoms with Crippen LogP contribution in [0.5, 0.6) is 0 Å². The summed E-state index contributed by atoms with van der Waals surface area (Å²) < 4.78 is 0. The number of carbonyl (C=O) groups excluding carboxylic acids is 1. The molecule has 0 fully saturated rings. The van der Waals surface area contributed by atoms with Gasteiger partial charge >= 0.3 is 5.37 Å². The normalized spacial score (nSPS) is 9.31. The zero-order valence-electron chi connectivity index (χ0n) is 6.36. The van der Waals surface area contributed by atoms with Crippen molar-refractivity contribution in [1.82, 2.24) is 0 Å². The van der Waals surface area contributed by atoms with E-state index < -0.39 is 10.3 Å². The van der Waals surface area contributed by atoms with E-state index in [1.807, 2.05) is 0 Å². The fourth-order valence-corrected chi connectivity index (χ4v) is 0.920. The highest BCUT2D eigenvalue weighted by Gasteiger charge is 2.06. The average molecular weight is 201 g/mol. The maximum atomic E-state index is 10.4. The molecule has 1 rings (SSSR count). The molecule has 1 aromatic carbocycles. The number of benzene rings is 1. The topological polar surface area (TPSA) is 72.2 Å². The first kappa shape index (κ1) is 9.47. The van der Waals surface area contributed by atoms with Crippen LogP contribution in [-0.4, -0.2) is 10.3 Å². The molecule has 0 atom stereocenters. The summed E-state index contributed by atoms with van der Waals surface area (Å²) in [5.41, 5.74) is 0.206. The molecule has 0 aliphatic carbocycles. The van der Waals surface area contributed by atoms with E-state index in [9.17, 15) is 14.9 Å². The van der Waals surface area contributed by atoms with Gasteiger partial charge in [0.05, 0.1) is 4.92 Å². The zero-order chi connectivity index (χ0) is 9.84. The number of hydrogen-bond acceptors (Lipinski definition) is 3. The van der Waals surface area contributed by atoms with Crippen molar-refractivity contribution in [3.63, 3.8) is 0 Å². The molecule has 13 heavy (non-hydrogen) atoms. The van der Waals surface area contributed by atoms with Crippen molar-refractivity contribution in [2.45, 2.75) is 0 Å². The number of anilines is 1. The average Bonchev–Trinajstić information content (AvgIpc) is 2.03. The van der Waals surface area contributed by atoms with Gasteiger partial charge in [-0.15, -0.1) is 0 Å². The van der Waals surface area contributed by atoms with Crippen molar-refractivity contribution < 1.29 is 9.72 Å². The summed E-state index contributed by atoms with van der Waals surface area (Å²) in [4.78, 5) is 20.1. The SMILES string of the molecule is O=C(Cl)Nc1cccc([N+](=O)[O-])c1. The molecule has 0 unspecified atom stereocenters. The number of carbonyl (C=O) groups is 1. The fourth-order valence-electron chi connectivity index (χ4n) is 0.811. The molecule has 0 heterocycles. The van der Waals surface area contributed by atoms with Gasteiger partial charge in [0.25, 0.3) is 5.69 Å². The van der Waals surface area contributed by atoms with Gasteiger partial charge in [0.15, 0.2) is 0 Å². The van der Waals surface area contributed by atoms with Gasteiger partial charge in [0.2, 0.25) is 0 Å². The standard InChI is InChI=1S/C7H5ClN2O3/c8-7(11)9-5-2-1-3-6(4-5)10(12)13/h1-4H,(H,9,11). The van der Waals surface area contributed by atoms with Gasteiger partial charge in [-0.1, -0.05) is 6.07 Å². The fraction of sp³-hybridized carbons (Fsp3) is 0. The van der Waals surface area contributed by atoms with Crippen LogP contribution in [0, 0.1) is 10.1 Å². The number of rotatable bonds is 2. The Labute approximate surface area is 78.5 Å². The van der Waals surface area contributed by atoms with Crippen LogP contribution in [-0.2, 0) is 0 Å². The number of halogens is 1. The lowest BCUT2D eigenvalue weighted by Crippen LogP contribution is -2.01. The third-order valence-electron chi connectivity index (χ3n) is 1.30. The Hall–Kier alpha value is -1.62. The Kier molecular flexibility index (Phi) is 2.81. The molecule has 0 aliphatic rings. The molecule has 68 valence electrons. The van der Waals surface area contributed by atoms with Crippen LogP contribution in [0.2, 0.25) is 0 Å². The van der Waals surface area contributed by atoms with Crippen LogP contribution in [0.1, 0.15) is 0 Å². The van der Waals surface area contributed by atoms with E-state index in [1.54, 1.807) is 0 Å². The molecule has 0 bridgehead atoms. The predicted molar refractivity (Wildman–Crippen MR) is 48.0 cm³/mol. The van der Waals surface area contributed by atoms with E-state index in [1.165, 1.54) is 24.3 Å². The van der Waals surface area contributed by atoms with Crippen molar-refractivity contribution >= 4 is 28.3 Å². The number of nitrogens with one attached hydrogen (secondary N) is 1. The molecule has 0 aromatic heterocycles. The first-order chi connectivity index (χ1) is 6.09. The van der Waals surface area contributed by atoms with Crippen LogP contribution in [0.3, 0.4) is 0 Å². The van der Waals surface area contributed by atoms with Crippen molar-refractivity contribution in [1.29, 1.82) is 0 Å². The summed E-state index contributed by atoms with van der Waals surface area (Å²) in [7, 11) is 0. The van der Waals surface area contributed by atoms with E-state index in [4.69, 9.17) is 11.6 Å². The number of non-ortho nitro benzene ring substituents is 1. The predicted octanol–water partition coefficient (Wildman–Crippen LogP) is 2.37. The Bertz CT molecular complexity index is 353. The van der Waals surface area contributed by atoms with Crippen LogP contribution >= 0.6 is 11.6 Å². The second kappa shape index (κ2) is 3.86. The zero-order valence-corrected chi connectivity index (χ0v) is 7.12. The van der Waals surface area contributed by atoms with E-state index in [0.29, 0.717) is 5.69 Å². The van der Waals surface area contributed by atoms with Gasteiger partial charge in [-0.2, -0.15) is 0 Å². The highest BCUT2D eigenvalue weighted by atomic mass is 35.5. The van der Waals surface area contributed by atoms with E-state index in [2.05, 4.69) is 5.32 Å². The van der Waals surface area contributed by atoms with Crippen molar-refractivity contribution in [2.75, 3.05) is 5.32 Å². The highest BCUT2D eigenvalue weighted by molar-refractivity contribution is 6.65. The Balaban J connectivity index is 2.91. The first-order valence-corrected chi connectivity index (χ1v) is 3.68. The summed E-state index contributed by atoms with van der Waals surface area (Å²) in [6, 6.07) is 5.51. The first-order valence-electron chi connectivity index (χ1n) is 3.30. The molecule has 1 aromatic rings. The third kappa shape index (κ3) is 2.72. The summed E-state index contributed by atoms with van der Waals surface area (Å²) in [5.74, 6) is 0. The van der Waals surface area contributed by atoms with Crippen LogP contribution < -0.4 is 5.32 Å². The number of nitrogens with zero attached hydrogens (tertiary/aromatic N) is 1. The monoisotopic (exact) mass is 200 g/mol. The van der Waals surface area contributed by atoms with Gasteiger partial charge in [-0.05, 0) is 17.7 Å². The summed E-state index contributed by atoms with van der Waals surface area (Å²) in [6.45, 7) is 0. The molecule has 0 saturated carbocycles. The largest absolute Gasteiger partial charge is 0.318 e. The number of amides is 1. The maximum Gasteiger partial charge on any atom is 0.318 e. The minimum atomic E-state index is -0.777. The van der Waals surface area contributed by atoms with E-state index in [0.717, 1.165) is 0 Å². The lowest BCUT2D eigenvalue weighted by Gasteiger charge is -1.98. The number of hydrogen-bond donors (Lipinski definition) is 1. The third-order valence-corrected chi connectivity index (χ3v) is 1.39. The van der Waals surface area contributed by atoms with Crippen LogP contribution in [0.15, 0.2) is 24.3 Å². The second-order valence-corrected chi connectivity index (χ2v) is 2.55. The molecule has 0 radical (unpaired) electrons. The Morgan fingerprint density at radius 3 is 2.77 bits per heavy atom. The second-order valence-electron chi connectivity index (χ2n) is 2.21. The Morgan fingerprint density at radius 2 is 2.23 bits per heavy atom. The highest BCUT2D eigenvalue weighted by Crippen LogP contribution is 2.17. The minimum absolute atomic E-state index is 0.0945. The van der Waals surface area contributed by atoms with Crippen LogP contribution in [0.4, 0.5) is 16.2 Å². The molecule has 0 saturated heterocycles. The molecule has 6 heteroatoms. The number of nitro benzene ring substituents is 1. The molecule has 5 nitrogen and oxygen atoms in total. The lowest BCUT2D eigenvalue weighted by atomic mass is 10.3. The molecule has 0 spiro atoms. The molecular weight excluding hydrogens is 196 g/mol. The van der Waals surface area contributed by atoms with Crippen molar-refractivity contribution in [3.8, 4) is 0 Å². The van der Waals surface area contributed by atoms with Gasteiger partial charge in [-0.3, -0.25) is 14.9 Å².